The number of carbonyl (C=O) groups is 1. The molecule has 1 aromatic heterocycles. The summed E-state index contributed by atoms with van der Waals surface area (Å²) in [7, 11) is 1.46. The SMILES string of the molecule is COc1ccc(OCc2c(C(=O)Nc3c(F)c(F)c(C(F)(F)F)c(F)c3F)noc2C)cc1. The highest BCUT2D eigenvalue weighted by Gasteiger charge is 2.42. The van der Waals surface area contributed by atoms with Gasteiger partial charge in [0.1, 0.15) is 35.1 Å². The van der Waals surface area contributed by atoms with Crippen molar-refractivity contribution in [3.05, 3.63) is 70.1 Å². The Bertz CT molecular complexity index is 1160. The molecule has 33 heavy (non-hydrogen) atoms. The van der Waals surface area contributed by atoms with E-state index in [2.05, 4.69) is 5.16 Å². The summed E-state index contributed by atoms with van der Waals surface area (Å²) in [4.78, 5) is 12.4. The number of rotatable bonds is 6. The zero-order valence-corrected chi connectivity index (χ0v) is 16.7. The van der Waals surface area contributed by atoms with Gasteiger partial charge in [0.2, 0.25) is 0 Å². The highest BCUT2D eigenvalue weighted by Crippen LogP contribution is 2.38. The smallest absolute Gasteiger partial charge is 0.422 e. The van der Waals surface area contributed by atoms with Gasteiger partial charge < -0.3 is 19.3 Å². The normalized spacial score (nSPS) is 11.4. The third kappa shape index (κ3) is 4.71. The van der Waals surface area contributed by atoms with Gasteiger partial charge in [0.25, 0.3) is 5.91 Å². The van der Waals surface area contributed by atoms with Crippen molar-refractivity contribution in [1.29, 1.82) is 0 Å². The number of halogens is 7. The maximum atomic E-state index is 14.1. The van der Waals surface area contributed by atoms with E-state index in [0.717, 1.165) is 0 Å². The maximum Gasteiger partial charge on any atom is 0.422 e. The van der Waals surface area contributed by atoms with Crippen LogP contribution in [0.15, 0.2) is 28.8 Å². The topological polar surface area (TPSA) is 73.6 Å². The third-order valence-electron chi connectivity index (χ3n) is 4.43. The summed E-state index contributed by atoms with van der Waals surface area (Å²) in [5.41, 5.74) is -5.08. The zero-order valence-electron chi connectivity index (χ0n) is 16.7. The van der Waals surface area contributed by atoms with Crippen LogP contribution in [0.5, 0.6) is 11.5 Å². The number of nitrogens with one attached hydrogen (secondary N) is 1. The summed E-state index contributed by atoms with van der Waals surface area (Å²) in [5, 5.41) is 4.90. The molecule has 0 atom stereocenters. The lowest BCUT2D eigenvalue weighted by atomic mass is 10.1. The predicted octanol–water partition coefficient (Wildman–Crippen LogP) is 5.40. The molecule has 0 unspecified atom stereocenters. The third-order valence-corrected chi connectivity index (χ3v) is 4.43. The predicted molar refractivity (Wildman–Crippen MR) is 97.8 cm³/mol. The quantitative estimate of drug-likeness (QED) is 0.380. The van der Waals surface area contributed by atoms with Gasteiger partial charge in [-0.3, -0.25) is 4.79 Å². The van der Waals surface area contributed by atoms with Crippen molar-refractivity contribution in [3.8, 4) is 11.5 Å². The average Bonchev–Trinajstić information content (AvgIpc) is 3.13. The van der Waals surface area contributed by atoms with Crippen molar-refractivity contribution in [2.24, 2.45) is 0 Å². The molecule has 3 rings (SSSR count). The Morgan fingerprint density at radius 3 is 2.06 bits per heavy atom. The Morgan fingerprint density at radius 1 is 1.00 bits per heavy atom. The molecule has 2 aromatic carbocycles. The van der Waals surface area contributed by atoms with Gasteiger partial charge in [-0.25, -0.2) is 17.6 Å². The molecule has 0 saturated carbocycles. The first-order valence-corrected chi connectivity index (χ1v) is 8.92. The van der Waals surface area contributed by atoms with E-state index in [4.69, 9.17) is 14.0 Å². The first-order valence-electron chi connectivity index (χ1n) is 8.92. The van der Waals surface area contributed by atoms with Gasteiger partial charge in [-0.15, -0.1) is 0 Å². The fourth-order valence-corrected chi connectivity index (χ4v) is 2.73. The zero-order chi connectivity index (χ0) is 24.5. The molecule has 3 aromatic rings. The van der Waals surface area contributed by atoms with Gasteiger partial charge in [0.05, 0.1) is 12.7 Å². The van der Waals surface area contributed by atoms with Gasteiger partial charge in [0, 0.05) is 0 Å². The van der Waals surface area contributed by atoms with Crippen molar-refractivity contribution in [1.82, 2.24) is 5.16 Å². The molecule has 0 fully saturated rings. The van der Waals surface area contributed by atoms with E-state index in [1.54, 1.807) is 24.3 Å². The number of aryl methyl sites for hydroxylation is 1. The molecule has 0 spiro atoms. The number of hydrogen-bond acceptors (Lipinski definition) is 5. The molecule has 0 aliphatic heterocycles. The molecule has 0 aliphatic rings. The number of methoxy groups -OCH3 is 1. The minimum Gasteiger partial charge on any atom is -0.497 e. The first kappa shape index (κ1) is 23.9. The van der Waals surface area contributed by atoms with Crippen LogP contribution in [0.2, 0.25) is 0 Å². The Labute approximate surface area is 180 Å². The minimum absolute atomic E-state index is 0.0111. The number of alkyl halides is 3. The van der Waals surface area contributed by atoms with Crippen molar-refractivity contribution < 1.29 is 49.5 Å². The average molecular weight is 478 g/mol. The highest BCUT2D eigenvalue weighted by molar-refractivity contribution is 6.04. The van der Waals surface area contributed by atoms with E-state index in [1.165, 1.54) is 19.4 Å². The number of ether oxygens (including phenoxy) is 2. The van der Waals surface area contributed by atoms with E-state index >= 15 is 0 Å². The van der Waals surface area contributed by atoms with Crippen LogP contribution >= 0.6 is 0 Å². The lowest BCUT2D eigenvalue weighted by molar-refractivity contribution is -0.143. The Kier molecular flexibility index (Phi) is 6.51. The summed E-state index contributed by atoms with van der Waals surface area (Å²) in [6.45, 7) is 1.07. The molecular weight excluding hydrogens is 465 g/mol. The van der Waals surface area contributed by atoms with Gasteiger partial charge in [-0.1, -0.05) is 5.16 Å². The van der Waals surface area contributed by atoms with E-state index in [-0.39, 0.29) is 17.9 Å². The molecule has 0 aliphatic carbocycles. The standard InChI is InChI=1S/C20H13F7N2O4/c1-8-11(7-32-10-5-3-9(31-2)4-6-10)17(29-33-8)19(30)28-18-15(23)13(21)12(20(25,26)27)14(22)16(18)24/h3-6H,7H2,1-2H3,(H,28,30). The van der Waals surface area contributed by atoms with Crippen LogP contribution in [-0.4, -0.2) is 18.2 Å². The van der Waals surface area contributed by atoms with Crippen LogP contribution in [0.3, 0.4) is 0 Å². The molecular formula is C20H13F7N2O4. The molecule has 1 amide bonds. The summed E-state index contributed by atoms with van der Waals surface area (Å²) in [6, 6.07) is 6.26. The van der Waals surface area contributed by atoms with Gasteiger partial charge >= 0.3 is 6.18 Å². The number of carbonyl (C=O) groups excluding carboxylic acids is 1. The number of aromatic nitrogens is 1. The second-order valence-corrected chi connectivity index (χ2v) is 6.49. The molecule has 6 nitrogen and oxygen atoms in total. The van der Waals surface area contributed by atoms with Crippen molar-refractivity contribution in [2.45, 2.75) is 19.7 Å². The minimum atomic E-state index is -5.71. The van der Waals surface area contributed by atoms with Crippen LogP contribution in [0.4, 0.5) is 36.4 Å². The number of benzene rings is 2. The number of amides is 1. The maximum absolute atomic E-state index is 14.1. The first-order chi connectivity index (χ1) is 15.5. The molecule has 1 heterocycles. The Morgan fingerprint density at radius 2 is 1.55 bits per heavy atom. The van der Waals surface area contributed by atoms with Gasteiger partial charge in [-0.05, 0) is 31.2 Å². The largest absolute Gasteiger partial charge is 0.497 e. The Hall–Kier alpha value is -3.77. The highest BCUT2D eigenvalue weighted by atomic mass is 19.4. The number of hydrogen-bond donors (Lipinski definition) is 1. The molecule has 0 radical (unpaired) electrons. The molecule has 13 heteroatoms. The molecule has 176 valence electrons. The van der Waals surface area contributed by atoms with Crippen LogP contribution in [-0.2, 0) is 12.8 Å². The summed E-state index contributed by atoms with van der Waals surface area (Å²) in [6.07, 6.45) is -5.71. The lowest BCUT2D eigenvalue weighted by Crippen LogP contribution is -2.21. The van der Waals surface area contributed by atoms with E-state index in [1.807, 2.05) is 0 Å². The van der Waals surface area contributed by atoms with Crippen molar-refractivity contribution >= 4 is 11.6 Å². The molecule has 0 saturated heterocycles. The second kappa shape index (κ2) is 9.00. The van der Waals surface area contributed by atoms with E-state index < -0.39 is 52.3 Å². The van der Waals surface area contributed by atoms with Gasteiger partial charge in [0.15, 0.2) is 29.0 Å². The summed E-state index contributed by atoms with van der Waals surface area (Å²) in [5.74, 6) is -10.8. The van der Waals surface area contributed by atoms with E-state index in [9.17, 15) is 35.5 Å². The number of anilines is 1. The molecule has 1 N–H and O–H groups in total. The summed E-state index contributed by atoms with van der Waals surface area (Å²) < 4.78 is 109. The molecule has 0 bridgehead atoms. The van der Waals surface area contributed by atoms with Crippen LogP contribution < -0.4 is 14.8 Å². The fourth-order valence-electron chi connectivity index (χ4n) is 2.73. The Balaban J connectivity index is 1.87. The van der Waals surface area contributed by atoms with Crippen molar-refractivity contribution in [3.63, 3.8) is 0 Å². The van der Waals surface area contributed by atoms with Crippen molar-refractivity contribution in [2.75, 3.05) is 12.4 Å². The van der Waals surface area contributed by atoms with Crippen LogP contribution in [0, 0.1) is 30.2 Å². The monoisotopic (exact) mass is 478 g/mol. The number of nitrogens with zero attached hydrogens (tertiary/aromatic N) is 1. The van der Waals surface area contributed by atoms with Crippen LogP contribution in [0.1, 0.15) is 27.4 Å². The van der Waals surface area contributed by atoms with E-state index in [0.29, 0.717) is 11.5 Å². The summed E-state index contributed by atoms with van der Waals surface area (Å²) >= 11 is 0. The van der Waals surface area contributed by atoms with Gasteiger partial charge in [-0.2, -0.15) is 13.2 Å². The van der Waals surface area contributed by atoms with Crippen LogP contribution in [0.25, 0.3) is 0 Å². The fraction of sp³-hybridized carbons (Fsp3) is 0.200. The lowest BCUT2D eigenvalue weighted by Gasteiger charge is -2.14. The second-order valence-electron chi connectivity index (χ2n) is 6.49.